The van der Waals surface area contributed by atoms with Crippen molar-refractivity contribution in [3.8, 4) is 11.5 Å². The van der Waals surface area contributed by atoms with Gasteiger partial charge < -0.3 is 14.8 Å². The highest BCUT2D eigenvalue weighted by molar-refractivity contribution is 5.78. The number of amides is 1. The number of nitrogens with zero attached hydrogens (tertiary/aromatic N) is 1. The van der Waals surface area contributed by atoms with Crippen LogP contribution in [0.5, 0.6) is 11.5 Å². The Morgan fingerprint density at radius 2 is 1.83 bits per heavy atom. The number of likely N-dealkylation sites (N-methyl/N-ethyl adjacent to an activating group) is 1. The highest BCUT2D eigenvalue weighted by Crippen LogP contribution is 2.30. The van der Waals surface area contributed by atoms with Gasteiger partial charge in [-0.3, -0.25) is 9.69 Å². The Morgan fingerprint density at radius 1 is 1.12 bits per heavy atom. The smallest absolute Gasteiger partial charge is 0.234 e. The summed E-state index contributed by atoms with van der Waals surface area (Å²) in [6.07, 6.45) is -0.164. The number of rotatable bonds is 6. The molecular weight excluding hydrogens is 304 g/mol. The summed E-state index contributed by atoms with van der Waals surface area (Å²) in [5.74, 6) is 1.46. The first-order chi connectivity index (χ1) is 11.7. The van der Waals surface area contributed by atoms with E-state index in [-0.39, 0.29) is 12.0 Å². The second-order valence-corrected chi connectivity index (χ2v) is 5.96. The van der Waals surface area contributed by atoms with Crippen LogP contribution in [-0.2, 0) is 11.3 Å². The van der Waals surface area contributed by atoms with E-state index in [0.717, 1.165) is 18.0 Å². The summed E-state index contributed by atoms with van der Waals surface area (Å²) < 4.78 is 11.5. The van der Waals surface area contributed by atoms with Crippen LogP contribution in [0.25, 0.3) is 0 Å². The molecule has 0 aromatic heterocycles. The molecule has 1 atom stereocenters. The van der Waals surface area contributed by atoms with Gasteiger partial charge in [-0.25, -0.2) is 0 Å². The number of hydrogen-bond donors (Lipinski definition) is 1. The monoisotopic (exact) mass is 326 g/mol. The van der Waals surface area contributed by atoms with Gasteiger partial charge in [0.2, 0.25) is 5.91 Å². The molecule has 1 N–H and O–H groups in total. The van der Waals surface area contributed by atoms with Gasteiger partial charge in [0.15, 0.2) is 11.5 Å². The number of ether oxygens (including phenoxy) is 2. The average molecular weight is 326 g/mol. The Kier molecular flexibility index (Phi) is 5.33. The molecule has 0 spiro atoms. The SMILES string of the molecule is CN(CC(=O)NCC1COc2ccccc2O1)Cc1ccccc1. The van der Waals surface area contributed by atoms with Crippen molar-refractivity contribution >= 4 is 5.91 Å². The first-order valence-corrected chi connectivity index (χ1v) is 8.08. The molecule has 126 valence electrons. The van der Waals surface area contributed by atoms with Gasteiger partial charge in [0.1, 0.15) is 12.7 Å². The first kappa shape index (κ1) is 16.3. The van der Waals surface area contributed by atoms with Gasteiger partial charge in [0, 0.05) is 6.54 Å². The van der Waals surface area contributed by atoms with Crippen molar-refractivity contribution in [1.82, 2.24) is 10.2 Å². The zero-order valence-corrected chi connectivity index (χ0v) is 13.8. The molecule has 1 amide bonds. The number of carbonyl (C=O) groups excluding carboxylic acids is 1. The Labute approximate surface area is 142 Å². The van der Waals surface area contributed by atoms with Crippen LogP contribution in [0.1, 0.15) is 5.56 Å². The highest BCUT2D eigenvalue weighted by atomic mass is 16.6. The van der Waals surface area contributed by atoms with Crippen molar-refractivity contribution < 1.29 is 14.3 Å². The third-order valence-corrected chi connectivity index (χ3v) is 3.80. The molecule has 0 aliphatic carbocycles. The van der Waals surface area contributed by atoms with Crippen LogP contribution in [0.4, 0.5) is 0 Å². The van der Waals surface area contributed by atoms with E-state index in [1.165, 1.54) is 5.56 Å². The Bertz CT molecular complexity index is 675. The normalized spacial score (nSPS) is 16.0. The summed E-state index contributed by atoms with van der Waals surface area (Å²) in [7, 11) is 1.93. The van der Waals surface area contributed by atoms with E-state index in [9.17, 15) is 4.79 Å². The first-order valence-electron chi connectivity index (χ1n) is 8.08. The molecule has 0 bridgehead atoms. The minimum atomic E-state index is -0.164. The molecule has 1 unspecified atom stereocenters. The van der Waals surface area contributed by atoms with Crippen LogP contribution in [0, 0.1) is 0 Å². The van der Waals surface area contributed by atoms with E-state index in [0.29, 0.717) is 19.7 Å². The Balaban J connectivity index is 1.41. The lowest BCUT2D eigenvalue weighted by atomic mass is 10.2. The van der Waals surface area contributed by atoms with Crippen LogP contribution in [0.2, 0.25) is 0 Å². The van der Waals surface area contributed by atoms with Gasteiger partial charge in [-0.1, -0.05) is 42.5 Å². The second kappa shape index (κ2) is 7.84. The van der Waals surface area contributed by atoms with Crippen molar-refractivity contribution in [2.24, 2.45) is 0 Å². The van der Waals surface area contributed by atoms with Gasteiger partial charge in [-0.15, -0.1) is 0 Å². The number of carbonyl (C=O) groups is 1. The minimum Gasteiger partial charge on any atom is -0.486 e. The van der Waals surface area contributed by atoms with Crippen molar-refractivity contribution in [2.45, 2.75) is 12.6 Å². The van der Waals surface area contributed by atoms with Gasteiger partial charge in [0.05, 0.1) is 13.1 Å². The number of benzene rings is 2. The fourth-order valence-electron chi connectivity index (χ4n) is 2.64. The quantitative estimate of drug-likeness (QED) is 0.883. The zero-order valence-electron chi connectivity index (χ0n) is 13.8. The maximum absolute atomic E-state index is 12.1. The van der Waals surface area contributed by atoms with Crippen LogP contribution in [-0.4, -0.2) is 43.7 Å². The maximum Gasteiger partial charge on any atom is 0.234 e. The summed E-state index contributed by atoms with van der Waals surface area (Å²) in [6.45, 7) is 1.97. The molecule has 2 aromatic carbocycles. The number of hydrogen-bond acceptors (Lipinski definition) is 4. The van der Waals surface area contributed by atoms with Crippen LogP contribution >= 0.6 is 0 Å². The lowest BCUT2D eigenvalue weighted by Gasteiger charge is -2.26. The molecule has 2 aromatic rings. The minimum absolute atomic E-state index is 0.0177. The van der Waals surface area contributed by atoms with E-state index < -0.39 is 0 Å². The summed E-state index contributed by atoms with van der Waals surface area (Å²) >= 11 is 0. The zero-order chi connectivity index (χ0) is 16.8. The summed E-state index contributed by atoms with van der Waals surface area (Å²) in [5, 5.41) is 2.91. The predicted molar refractivity (Wildman–Crippen MR) is 92.1 cm³/mol. The van der Waals surface area contributed by atoms with E-state index >= 15 is 0 Å². The summed E-state index contributed by atoms with van der Waals surface area (Å²) in [6, 6.07) is 17.7. The molecule has 0 radical (unpaired) electrons. The largest absolute Gasteiger partial charge is 0.486 e. The maximum atomic E-state index is 12.1. The fourth-order valence-corrected chi connectivity index (χ4v) is 2.64. The van der Waals surface area contributed by atoms with Gasteiger partial charge in [-0.05, 0) is 24.7 Å². The average Bonchev–Trinajstić information content (AvgIpc) is 2.60. The van der Waals surface area contributed by atoms with Gasteiger partial charge in [0.25, 0.3) is 0 Å². The van der Waals surface area contributed by atoms with E-state index in [1.54, 1.807) is 0 Å². The summed E-state index contributed by atoms with van der Waals surface area (Å²) in [4.78, 5) is 14.1. The van der Waals surface area contributed by atoms with E-state index in [2.05, 4.69) is 17.4 Å². The lowest BCUT2D eigenvalue weighted by molar-refractivity contribution is -0.122. The lowest BCUT2D eigenvalue weighted by Crippen LogP contribution is -2.43. The molecular formula is C19H22N2O3. The second-order valence-electron chi connectivity index (χ2n) is 5.96. The van der Waals surface area contributed by atoms with Crippen LogP contribution in [0.3, 0.4) is 0 Å². The number of fused-ring (bicyclic) bond motifs is 1. The molecule has 5 nitrogen and oxygen atoms in total. The van der Waals surface area contributed by atoms with E-state index in [4.69, 9.17) is 9.47 Å². The third-order valence-electron chi connectivity index (χ3n) is 3.80. The number of para-hydroxylation sites is 2. The number of nitrogens with one attached hydrogen (secondary N) is 1. The van der Waals surface area contributed by atoms with Gasteiger partial charge >= 0.3 is 0 Å². The van der Waals surface area contributed by atoms with Crippen molar-refractivity contribution in [3.63, 3.8) is 0 Å². The molecule has 1 aliphatic rings. The Hall–Kier alpha value is -2.53. The molecule has 24 heavy (non-hydrogen) atoms. The van der Waals surface area contributed by atoms with Crippen molar-refractivity contribution in [3.05, 3.63) is 60.2 Å². The fraction of sp³-hybridized carbons (Fsp3) is 0.316. The molecule has 0 saturated carbocycles. The predicted octanol–water partition coefficient (Wildman–Crippen LogP) is 2.07. The van der Waals surface area contributed by atoms with Crippen molar-refractivity contribution in [2.75, 3.05) is 26.7 Å². The standard InChI is InChI=1S/C19H22N2O3/c1-21(12-15-7-3-2-4-8-15)13-19(22)20-11-16-14-23-17-9-5-6-10-18(17)24-16/h2-10,16H,11-14H2,1H3,(H,20,22). The topological polar surface area (TPSA) is 50.8 Å². The van der Waals surface area contributed by atoms with Crippen LogP contribution < -0.4 is 14.8 Å². The highest BCUT2D eigenvalue weighted by Gasteiger charge is 2.21. The molecule has 1 heterocycles. The Morgan fingerprint density at radius 3 is 2.62 bits per heavy atom. The van der Waals surface area contributed by atoms with Crippen molar-refractivity contribution in [1.29, 1.82) is 0 Å². The third kappa shape index (κ3) is 4.49. The van der Waals surface area contributed by atoms with Gasteiger partial charge in [-0.2, -0.15) is 0 Å². The molecule has 1 aliphatic heterocycles. The van der Waals surface area contributed by atoms with Crippen LogP contribution in [0.15, 0.2) is 54.6 Å². The molecule has 3 rings (SSSR count). The molecule has 0 saturated heterocycles. The summed E-state index contributed by atoms with van der Waals surface area (Å²) in [5.41, 5.74) is 1.19. The van der Waals surface area contributed by atoms with E-state index in [1.807, 2.05) is 54.4 Å². The molecule has 0 fully saturated rings. The molecule has 5 heteroatoms.